The molecule has 2 aromatic carbocycles. The number of amides is 1. The van der Waals surface area contributed by atoms with E-state index in [1.54, 1.807) is 48.7 Å². The minimum Gasteiger partial charge on any atom is -0.507 e. The lowest BCUT2D eigenvalue weighted by atomic mass is 9.98. The van der Waals surface area contributed by atoms with Crippen LogP contribution in [0.4, 0.5) is 5.69 Å². The van der Waals surface area contributed by atoms with Crippen LogP contribution in [0.25, 0.3) is 5.76 Å². The van der Waals surface area contributed by atoms with Crippen LogP contribution in [0.5, 0.6) is 0 Å². The molecule has 1 aromatic heterocycles. The van der Waals surface area contributed by atoms with E-state index in [0.717, 1.165) is 5.56 Å². The van der Waals surface area contributed by atoms with Crippen LogP contribution in [0.15, 0.2) is 78.5 Å². The summed E-state index contributed by atoms with van der Waals surface area (Å²) in [6.45, 7) is 4.17. The van der Waals surface area contributed by atoms with Crippen molar-refractivity contribution in [3.8, 4) is 0 Å². The summed E-state index contributed by atoms with van der Waals surface area (Å²) in [5.41, 5.74) is 2.51. The van der Waals surface area contributed by atoms with Crippen LogP contribution in [-0.4, -0.2) is 21.8 Å². The van der Waals surface area contributed by atoms with E-state index >= 15 is 0 Å². The Kier molecular flexibility index (Phi) is 5.61. The number of aliphatic hydroxyl groups excluding tert-OH is 1. The summed E-state index contributed by atoms with van der Waals surface area (Å²) in [7, 11) is 0. The van der Waals surface area contributed by atoms with Gasteiger partial charge in [-0.2, -0.15) is 0 Å². The average molecular weight is 433 g/mol. The van der Waals surface area contributed by atoms with E-state index in [9.17, 15) is 14.7 Å². The van der Waals surface area contributed by atoms with E-state index in [1.165, 1.54) is 4.90 Å². The Bertz CT molecular complexity index is 1170. The first-order valence-electron chi connectivity index (χ1n) is 9.96. The van der Waals surface area contributed by atoms with Crippen LogP contribution in [0.2, 0.25) is 5.02 Å². The molecule has 0 radical (unpaired) electrons. The van der Waals surface area contributed by atoms with Crippen molar-refractivity contribution in [3.63, 3.8) is 0 Å². The summed E-state index contributed by atoms with van der Waals surface area (Å²) in [6.07, 6.45) is 1.59. The molecule has 1 unspecified atom stereocenters. The summed E-state index contributed by atoms with van der Waals surface area (Å²) in [6, 6.07) is 18.5. The van der Waals surface area contributed by atoms with Gasteiger partial charge in [-0.1, -0.05) is 55.8 Å². The summed E-state index contributed by atoms with van der Waals surface area (Å²) in [4.78, 5) is 31.9. The first-order valence-corrected chi connectivity index (χ1v) is 10.3. The maximum absolute atomic E-state index is 13.1. The summed E-state index contributed by atoms with van der Waals surface area (Å²) >= 11 is 6.07. The van der Waals surface area contributed by atoms with Gasteiger partial charge in [0.25, 0.3) is 11.7 Å². The van der Waals surface area contributed by atoms with Crippen molar-refractivity contribution in [1.82, 2.24) is 4.98 Å². The topological polar surface area (TPSA) is 70.5 Å². The number of aliphatic hydroxyl groups is 1. The third kappa shape index (κ3) is 3.84. The van der Waals surface area contributed by atoms with Crippen LogP contribution in [0, 0.1) is 0 Å². The zero-order chi connectivity index (χ0) is 22.1. The fourth-order valence-electron chi connectivity index (χ4n) is 3.73. The molecule has 0 spiro atoms. The molecule has 1 atom stereocenters. The molecular formula is C25H21ClN2O3. The Balaban J connectivity index is 1.90. The molecule has 1 amide bonds. The predicted molar refractivity (Wildman–Crippen MR) is 121 cm³/mol. The molecule has 1 saturated heterocycles. The zero-order valence-electron chi connectivity index (χ0n) is 17.1. The number of rotatable bonds is 4. The van der Waals surface area contributed by atoms with Crippen molar-refractivity contribution in [3.05, 3.63) is 100 Å². The molecule has 0 aliphatic carbocycles. The molecule has 1 aliphatic heterocycles. The van der Waals surface area contributed by atoms with Crippen LogP contribution < -0.4 is 4.90 Å². The summed E-state index contributed by atoms with van der Waals surface area (Å²) in [5, 5.41) is 11.5. The molecule has 1 fully saturated rings. The lowest BCUT2D eigenvalue weighted by Crippen LogP contribution is -2.29. The number of anilines is 1. The molecule has 1 N–H and O–H groups in total. The Morgan fingerprint density at radius 1 is 1.03 bits per heavy atom. The standard InChI is InChI=1S/C25H21ClN2O3/c1-15(2)16-9-11-19(12-10-16)28-22(20-8-3-4-13-27-20)21(24(30)25(28)31)23(29)17-6-5-7-18(26)14-17/h3-15,22,29H,1-2H3/b23-21-. The SMILES string of the molecule is CC(C)c1ccc(N2C(=O)C(=O)/C(=C(\O)c3cccc(Cl)c3)C2c2ccccn2)cc1. The van der Waals surface area contributed by atoms with E-state index in [1.807, 2.05) is 24.3 Å². The van der Waals surface area contributed by atoms with Gasteiger partial charge in [-0.15, -0.1) is 0 Å². The number of pyridine rings is 1. The number of aromatic nitrogens is 1. The van der Waals surface area contributed by atoms with E-state index < -0.39 is 17.7 Å². The van der Waals surface area contributed by atoms with Gasteiger partial charge in [0.05, 0.1) is 11.3 Å². The Hall–Kier alpha value is -3.44. The molecule has 5 nitrogen and oxygen atoms in total. The lowest BCUT2D eigenvalue weighted by molar-refractivity contribution is -0.132. The smallest absolute Gasteiger partial charge is 0.300 e. The van der Waals surface area contributed by atoms with Crippen molar-refractivity contribution < 1.29 is 14.7 Å². The predicted octanol–water partition coefficient (Wildman–Crippen LogP) is 5.48. The van der Waals surface area contributed by atoms with Gasteiger partial charge in [0, 0.05) is 22.5 Å². The minimum atomic E-state index is -0.856. The van der Waals surface area contributed by atoms with Gasteiger partial charge in [-0.3, -0.25) is 19.5 Å². The Labute approximate surface area is 185 Å². The van der Waals surface area contributed by atoms with Crippen molar-refractivity contribution in [1.29, 1.82) is 0 Å². The number of Topliss-reactive ketones (excluding diaryl/α,β-unsaturated/α-hetero) is 1. The van der Waals surface area contributed by atoms with Gasteiger partial charge < -0.3 is 5.11 Å². The van der Waals surface area contributed by atoms with E-state index in [0.29, 0.717) is 27.9 Å². The second kappa shape index (κ2) is 8.36. The highest BCUT2D eigenvalue weighted by Gasteiger charge is 2.47. The molecule has 6 heteroatoms. The van der Waals surface area contributed by atoms with Crippen LogP contribution in [-0.2, 0) is 9.59 Å². The molecule has 156 valence electrons. The maximum Gasteiger partial charge on any atom is 0.300 e. The summed E-state index contributed by atoms with van der Waals surface area (Å²) in [5.74, 6) is -1.42. The minimum absolute atomic E-state index is 0.0149. The number of ketones is 1. The van der Waals surface area contributed by atoms with Gasteiger partial charge in [-0.05, 0) is 47.9 Å². The number of carbonyl (C=O) groups excluding carboxylic acids is 2. The molecule has 31 heavy (non-hydrogen) atoms. The second-order valence-electron chi connectivity index (χ2n) is 7.68. The largest absolute Gasteiger partial charge is 0.507 e. The van der Waals surface area contributed by atoms with Gasteiger partial charge in [0.2, 0.25) is 0 Å². The lowest BCUT2D eigenvalue weighted by Gasteiger charge is -2.25. The van der Waals surface area contributed by atoms with Crippen molar-refractivity contribution in [2.75, 3.05) is 4.90 Å². The second-order valence-corrected chi connectivity index (χ2v) is 8.12. The number of hydrogen-bond acceptors (Lipinski definition) is 4. The zero-order valence-corrected chi connectivity index (χ0v) is 17.9. The summed E-state index contributed by atoms with van der Waals surface area (Å²) < 4.78 is 0. The van der Waals surface area contributed by atoms with E-state index in [4.69, 9.17) is 11.6 Å². The normalized spacial score (nSPS) is 18.1. The highest BCUT2D eigenvalue weighted by molar-refractivity contribution is 6.51. The molecule has 4 rings (SSSR count). The first-order chi connectivity index (χ1) is 14.9. The number of benzene rings is 2. The third-order valence-corrected chi connectivity index (χ3v) is 5.58. The monoisotopic (exact) mass is 432 g/mol. The van der Waals surface area contributed by atoms with Crippen molar-refractivity contribution in [2.45, 2.75) is 25.8 Å². The number of hydrogen-bond donors (Lipinski definition) is 1. The number of halogens is 1. The van der Waals surface area contributed by atoms with E-state index in [-0.39, 0.29) is 11.3 Å². The molecule has 0 saturated carbocycles. The molecule has 1 aliphatic rings. The van der Waals surface area contributed by atoms with Crippen LogP contribution >= 0.6 is 11.6 Å². The third-order valence-electron chi connectivity index (χ3n) is 5.35. The van der Waals surface area contributed by atoms with Crippen LogP contribution in [0.1, 0.15) is 42.6 Å². The van der Waals surface area contributed by atoms with Crippen molar-refractivity contribution >= 4 is 34.7 Å². The van der Waals surface area contributed by atoms with Gasteiger partial charge in [-0.25, -0.2) is 0 Å². The molecule has 0 bridgehead atoms. The number of nitrogens with zero attached hydrogens (tertiary/aromatic N) is 2. The number of carbonyl (C=O) groups is 2. The highest BCUT2D eigenvalue weighted by atomic mass is 35.5. The van der Waals surface area contributed by atoms with E-state index in [2.05, 4.69) is 18.8 Å². The Morgan fingerprint density at radius 2 is 1.77 bits per heavy atom. The fourth-order valence-corrected chi connectivity index (χ4v) is 3.92. The maximum atomic E-state index is 13.1. The fraction of sp³-hybridized carbons (Fsp3) is 0.160. The molecular weight excluding hydrogens is 412 g/mol. The van der Waals surface area contributed by atoms with Crippen molar-refractivity contribution in [2.24, 2.45) is 0 Å². The highest BCUT2D eigenvalue weighted by Crippen LogP contribution is 2.41. The van der Waals surface area contributed by atoms with Gasteiger partial charge in [0.1, 0.15) is 11.8 Å². The molecule has 2 heterocycles. The van der Waals surface area contributed by atoms with Gasteiger partial charge in [0.15, 0.2) is 0 Å². The van der Waals surface area contributed by atoms with Crippen LogP contribution in [0.3, 0.4) is 0 Å². The first kappa shape index (κ1) is 20.8. The van der Waals surface area contributed by atoms with Gasteiger partial charge >= 0.3 is 0 Å². The Morgan fingerprint density at radius 3 is 2.39 bits per heavy atom. The average Bonchev–Trinajstić information content (AvgIpc) is 3.04. The quantitative estimate of drug-likeness (QED) is 0.336. The molecule has 3 aromatic rings.